The van der Waals surface area contributed by atoms with Crippen molar-refractivity contribution >= 4 is 5.91 Å². The van der Waals surface area contributed by atoms with Gasteiger partial charge >= 0.3 is 0 Å². The number of nitrogens with zero attached hydrogens (tertiary/aromatic N) is 2. The standard InChI is InChI=1S/C28H38N2O4/c1-21(2)17-30(18-22-11-12-26-27(16-22)34-15-7-14-33-26)28(31)24-9-6-13-29(20-24)19-23-8-4-5-10-25(23)32-3/h4-5,8,10-12,16,21,24H,6-7,9,13-15,17-20H2,1-3H3/t24-/m1/s1. The first-order chi connectivity index (χ1) is 16.5. The first kappa shape index (κ1) is 24.4. The molecule has 2 aliphatic rings. The first-order valence-corrected chi connectivity index (χ1v) is 12.5. The summed E-state index contributed by atoms with van der Waals surface area (Å²) in [6, 6.07) is 14.2. The Hall–Kier alpha value is -2.73. The largest absolute Gasteiger partial charge is 0.496 e. The number of benzene rings is 2. The zero-order valence-corrected chi connectivity index (χ0v) is 20.8. The molecule has 2 aromatic carbocycles. The van der Waals surface area contributed by atoms with E-state index in [1.165, 1.54) is 5.56 Å². The van der Waals surface area contributed by atoms with Crippen LogP contribution in [0.5, 0.6) is 17.2 Å². The van der Waals surface area contributed by atoms with Crippen LogP contribution in [0.4, 0.5) is 0 Å². The Kier molecular flexibility index (Phi) is 8.33. The summed E-state index contributed by atoms with van der Waals surface area (Å²) < 4.78 is 17.2. The Morgan fingerprint density at radius 2 is 1.91 bits per heavy atom. The molecular formula is C28H38N2O4. The number of ether oxygens (including phenoxy) is 3. The summed E-state index contributed by atoms with van der Waals surface area (Å²) in [7, 11) is 1.71. The third-order valence-electron chi connectivity index (χ3n) is 6.52. The number of rotatable bonds is 8. The highest BCUT2D eigenvalue weighted by atomic mass is 16.5. The summed E-state index contributed by atoms with van der Waals surface area (Å²) >= 11 is 0. The van der Waals surface area contributed by atoms with Gasteiger partial charge in [-0.1, -0.05) is 38.1 Å². The van der Waals surface area contributed by atoms with Crippen molar-refractivity contribution in [3.63, 3.8) is 0 Å². The maximum Gasteiger partial charge on any atom is 0.227 e. The third kappa shape index (κ3) is 6.23. The fourth-order valence-corrected chi connectivity index (χ4v) is 4.93. The number of carbonyl (C=O) groups is 1. The van der Waals surface area contributed by atoms with E-state index in [4.69, 9.17) is 14.2 Å². The van der Waals surface area contributed by atoms with Crippen molar-refractivity contribution in [2.24, 2.45) is 11.8 Å². The lowest BCUT2D eigenvalue weighted by Gasteiger charge is -2.36. The fraction of sp³-hybridized carbons (Fsp3) is 0.536. The predicted octanol–water partition coefficient (Wildman–Crippen LogP) is 4.75. The Morgan fingerprint density at radius 1 is 1.12 bits per heavy atom. The topological polar surface area (TPSA) is 51.2 Å². The number of likely N-dealkylation sites (tertiary alicyclic amines) is 1. The second kappa shape index (κ2) is 11.6. The van der Waals surface area contributed by atoms with E-state index in [9.17, 15) is 4.79 Å². The lowest BCUT2D eigenvalue weighted by molar-refractivity contribution is -0.138. The number of para-hydroxylation sites is 1. The van der Waals surface area contributed by atoms with E-state index in [0.29, 0.717) is 25.7 Å². The van der Waals surface area contributed by atoms with Crippen molar-refractivity contribution in [3.05, 3.63) is 53.6 Å². The van der Waals surface area contributed by atoms with Crippen molar-refractivity contribution in [2.45, 2.75) is 46.2 Å². The van der Waals surface area contributed by atoms with Gasteiger partial charge in [-0.2, -0.15) is 0 Å². The summed E-state index contributed by atoms with van der Waals surface area (Å²) in [5, 5.41) is 0. The number of carbonyl (C=O) groups excluding carboxylic acids is 1. The molecule has 34 heavy (non-hydrogen) atoms. The summed E-state index contributed by atoms with van der Waals surface area (Å²) in [4.78, 5) is 18.2. The number of methoxy groups -OCH3 is 1. The van der Waals surface area contributed by atoms with Gasteiger partial charge in [0.15, 0.2) is 11.5 Å². The second-order valence-corrected chi connectivity index (χ2v) is 9.83. The first-order valence-electron chi connectivity index (χ1n) is 12.5. The molecule has 1 fully saturated rings. The van der Waals surface area contributed by atoms with E-state index in [1.807, 2.05) is 35.2 Å². The number of amides is 1. The molecule has 1 saturated heterocycles. The lowest BCUT2D eigenvalue weighted by atomic mass is 9.95. The van der Waals surface area contributed by atoms with E-state index < -0.39 is 0 Å². The molecule has 0 aromatic heterocycles. The normalized spacial score (nSPS) is 18.4. The smallest absolute Gasteiger partial charge is 0.227 e. The average molecular weight is 467 g/mol. The molecule has 2 heterocycles. The molecule has 1 atom stereocenters. The zero-order valence-electron chi connectivity index (χ0n) is 20.8. The SMILES string of the molecule is COc1ccccc1CN1CCC[C@@H](C(=O)N(Cc2ccc3c(c2)OCCCO3)CC(C)C)C1. The van der Waals surface area contributed by atoms with Gasteiger partial charge in [0.05, 0.1) is 26.2 Å². The summed E-state index contributed by atoms with van der Waals surface area (Å²) in [6.45, 7) is 9.62. The molecule has 0 saturated carbocycles. The maximum absolute atomic E-state index is 13.7. The highest BCUT2D eigenvalue weighted by molar-refractivity contribution is 5.79. The summed E-state index contributed by atoms with van der Waals surface area (Å²) in [5.74, 6) is 3.16. The molecule has 0 bridgehead atoms. The number of hydrogen-bond acceptors (Lipinski definition) is 5. The van der Waals surface area contributed by atoms with Gasteiger partial charge in [0.1, 0.15) is 5.75 Å². The van der Waals surface area contributed by atoms with Gasteiger partial charge in [-0.05, 0) is 49.1 Å². The molecule has 0 radical (unpaired) electrons. The molecule has 6 nitrogen and oxygen atoms in total. The minimum absolute atomic E-state index is 0.0163. The van der Waals surface area contributed by atoms with Crippen molar-refractivity contribution < 1.29 is 19.0 Å². The van der Waals surface area contributed by atoms with E-state index in [2.05, 4.69) is 30.9 Å². The van der Waals surface area contributed by atoms with Gasteiger partial charge in [-0.15, -0.1) is 0 Å². The number of fused-ring (bicyclic) bond motifs is 1. The van der Waals surface area contributed by atoms with Crippen LogP contribution in [0.2, 0.25) is 0 Å². The molecule has 1 amide bonds. The van der Waals surface area contributed by atoms with Crippen LogP contribution in [0.15, 0.2) is 42.5 Å². The highest BCUT2D eigenvalue weighted by Crippen LogP contribution is 2.31. The zero-order chi connectivity index (χ0) is 23.9. The van der Waals surface area contributed by atoms with Crippen LogP contribution in [-0.4, -0.2) is 55.7 Å². The van der Waals surface area contributed by atoms with Crippen LogP contribution in [0, 0.1) is 11.8 Å². The molecule has 0 unspecified atom stereocenters. The van der Waals surface area contributed by atoms with Crippen LogP contribution in [0.25, 0.3) is 0 Å². The van der Waals surface area contributed by atoms with E-state index in [1.54, 1.807) is 7.11 Å². The van der Waals surface area contributed by atoms with Crippen LogP contribution in [0.3, 0.4) is 0 Å². The molecule has 0 spiro atoms. The monoisotopic (exact) mass is 466 g/mol. The Bertz CT molecular complexity index is 961. The molecule has 4 rings (SSSR count). The van der Waals surface area contributed by atoms with Gasteiger partial charge < -0.3 is 19.1 Å². The minimum Gasteiger partial charge on any atom is -0.496 e. The Balaban J connectivity index is 1.45. The fourth-order valence-electron chi connectivity index (χ4n) is 4.93. The minimum atomic E-state index is 0.0163. The second-order valence-electron chi connectivity index (χ2n) is 9.83. The van der Waals surface area contributed by atoms with Crippen molar-refractivity contribution in [2.75, 3.05) is 40.0 Å². The van der Waals surface area contributed by atoms with E-state index >= 15 is 0 Å². The molecule has 2 aromatic rings. The van der Waals surface area contributed by atoms with Gasteiger partial charge in [-0.25, -0.2) is 0 Å². The van der Waals surface area contributed by atoms with Crippen molar-refractivity contribution in [1.29, 1.82) is 0 Å². The molecule has 0 aliphatic carbocycles. The quantitative estimate of drug-likeness (QED) is 0.562. The molecule has 184 valence electrons. The van der Waals surface area contributed by atoms with E-state index in [0.717, 1.165) is 68.3 Å². The predicted molar refractivity (Wildman–Crippen MR) is 133 cm³/mol. The molecule has 0 N–H and O–H groups in total. The molecule has 2 aliphatic heterocycles. The van der Waals surface area contributed by atoms with Crippen molar-refractivity contribution in [3.8, 4) is 17.2 Å². The van der Waals surface area contributed by atoms with Gasteiger partial charge in [-0.3, -0.25) is 9.69 Å². The van der Waals surface area contributed by atoms with Gasteiger partial charge in [0.2, 0.25) is 5.91 Å². The third-order valence-corrected chi connectivity index (χ3v) is 6.52. The number of piperidine rings is 1. The lowest BCUT2D eigenvalue weighted by Crippen LogP contribution is -2.45. The van der Waals surface area contributed by atoms with Crippen molar-refractivity contribution in [1.82, 2.24) is 9.80 Å². The average Bonchev–Trinajstić information content (AvgIpc) is 3.08. The molecule has 6 heteroatoms. The highest BCUT2D eigenvalue weighted by Gasteiger charge is 2.30. The van der Waals surface area contributed by atoms with Gasteiger partial charge in [0.25, 0.3) is 0 Å². The molecular weight excluding hydrogens is 428 g/mol. The summed E-state index contributed by atoms with van der Waals surface area (Å²) in [6.07, 6.45) is 2.86. The van der Waals surface area contributed by atoms with E-state index in [-0.39, 0.29) is 11.8 Å². The van der Waals surface area contributed by atoms with Crippen LogP contribution < -0.4 is 14.2 Å². The summed E-state index contributed by atoms with van der Waals surface area (Å²) in [5.41, 5.74) is 2.25. The Morgan fingerprint density at radius 3 is 2.71 bits per heavy atom. The number of hydrogen-bond donors (Lipinski definition) is 0. The van der Waals surface area contributed by atoms with Gasteiger partial charge in [0, 0.05) is 38.2 Å². The van der Waals surface area contributed by atoms with Crippen LogP contribution in [0.1, 0.15) is 44.2 Å². The maximum atomic E-state index is 13.7. The van der Waals surface area contributed by atoms with Crippen LogP contribution >= 0.6 is 0 Å². The van der Waals surface area contributed by atoms with Crippen LogP contribution in [-0.2, 0) is 17.9 Å². The Labute approximate surface area is 203 Å².